The monoisotopic (exact) mass is 286 g/mol. The van der Waals surface area contributed by atoms with E-state index in [1.54, 1.807) is 17.7 Å². The van der Waals surface area contributed by atoms with Crippen LogP contribution in [0.1, 0.15) is 16.7 Å². The molecule has 1 unspecified atom stereocenters. The Balaban J connectivity index is 2.10. The summed E-state index contributed by atoms with van der Waals surface area (Å²) in [5.41, 5.74) is 0.720. The van der Waals surface area contributed by atoms with Crippen molar-refractivity contribution in [3.8, 4) is 0 Å². The standard InChI is InChI=1S/C10H11BrN2OS/c1-13-5-8(12-6-13)9(14)4-10-7(11)2-3-15-10/h2-3,5-6,9,14H,4H2,1H3. The third kappa shape index (κ3) is 2.48. The van der Waals surface area contributed by atoms with Crippen LogP contribution in [0.15, 0.2) is 28.4 Å². The molecule has 0 aliphatic heterocycles. The molecule has 15 heavy (non-hydrogen) atoms. The van der Waals surface area contributed by atoms with E-state index in [9.17, 15) is 5.11 Å². The van der Waals surface area contributed by atoms with Gasteiger partial charge in [-0.05, 0) is 27.4 Å². The lowest BCUT2D eigenvalue weighted by Crippen LogP contribution is -2.01. The number of aryl methyl sites for hydroxylation is 1. The Morgan fingerprint density at radius 2 is 2.47 bits per heavy atom. The van der Waals surface area contributed by atoms with Crippen LogP contribution in [0, 0.1) is 0 Å². The topological polar surface area (TPSA) is 38.0 Å². The van der Waals surface area contributed by atoms with Crippen LogP contribution in [0.3, 0.4) is 0 Å². The predicted molar refractivity (Wildman–Crippen MR) is 63.9 cm³/mol. The first-order valence-corrected chi connectivity index (χ1v) is 6.22. The zero-order valence-corrected chi connectivity index (χ0v) is 10.6. The molecule has 0 bridgehead atoms. The highest BCUT2D eigenvalue weighted by Gasteiger charge is 2.13. The van der Waals surface area contributed by atoms with E-state index in [2.05, 4.69) is 20.9 Å². The number of imidazole rings is 1. The molecule has 1 atom stereocenters. The molecule has 2 heterocycles. The SMILES string of the molecule is Cn1cnc(C(O)Cc2sccc2Br)c1. The second kappa shape index (κ2) is 4.47. The molecule has 0 aliphatic rings. The zero-order valence-electron chi connectivity index (χ0n) is 8.22. The number of rotatable bonds is 3. The van der Waals surface area contributed by atoms with Gasteiger partial charge in [-0.25, -0.2) is 4.98 Å². The number of thiophene rings is 1. The lowest BCUT2D eigenvalue weighted by Gasteiger charge is -2.06. The van der Waals surface area contributed by atoms with Crippen LogP contribution in [0.25, 0.3) is 0 Å². The molecule has 2 rings (SSSR count). The molecular weight excluding hydrogens is 276 g/mol. The number of aliphatic hydroxyl groups is 1. The molecule has 2 aromatic rings. The van der Waals surface area contributed by atoms with Crippen LogP contribution >= 0.6 is 27.3 Å². The Labute approximate surface area is 101 Å². The van der Waals surface area contributed by atoms with Gasteiger partial charge in [0.25, 0.3) is 0 Å². The Hall–Kier alpha value is -0.650. The highest BCUT2D eigenvalue weighted by molar-refractivity contribution is 9.10. The minimum atomic E-state index is -0.527. The van der Waals surface area contributed by atoms with Crippen LogP contribution in [0.2, 0.25) is 0 Å². The van der Waals surface area contributed by atoms with Crippen molar-refractivity contribution in [2.75, 3.05) is 0 Å². The van der Waals surface area contributed by atoms with Gasteiger partial charge in [0.15, 0.2) is 0 Å². The van der Waals surface area contributed by atoms with Gasteiger partial charge in [-0.15, -0.1) is 11.3 Å². The first kappa shape index (κ1) is 10.9. The predicted octanol–water partition coefficient (Wildman–Crippen LogP) is 2.52. The molecule has 0 fully saturated rings. The molecule has 5 heteroatoms. The number of hydrogen-bond acceptors (Lipinski definition) is 3. The fourth-order valence-corrected chi connectivity index (χ4v) is 2.91. The summed E-state index contributed by atoms with van der Waals surface area (Å²) in [6.45, 7) is 0. The summed E-state index contributed by atoms with van der Waals surface area (Å²) in [5.74, 6) is 0. The highest BCUT2D eigenvalue weighted by atomic mass is 79.9. The van der Waals surface area contributed by atoms with E-state index in [1.165, 1.54) is 0 Å². The van der Waals surface area contributed by atoms with Crippen molar-refractivity contribution >= 4 is 27.3 Å². The van der Waals surface area contributed by atoms with Crippen LogP contribution in [-0.2, 0) is 13.5 Å². The number of nitrogens with zero attached hydrogens (tertiary/aromatic N) is 2. The quantitative estimate of drug-likeness (QED) is 0.942. The number of halogens is 1. The first-order chi connectivity index (χ1) is 7.16. The fourth-order valence-electron chi connectivity index (χ4n) is 1.36. The van der Waals surface area contributed by atoms with E-state index in [1.807, 2.05) is 29.3 Å². The third-order valence-corrected chi connectivity index (χ3v) is 4.08. The molecule has 0 aromatic carbocycles. The maximum atomic E-state index is 9.94. The normalized spacial score (nSPS) is 13.0. The van der Waals surface area contributed by atoms with E-state index in [0.717, 1.165) is 15.0 Å². The summed E-state index contributed by atoms with van der Waals surface area (Å²) in [7, 11) is 1.89. The van der Waals surface area contributed by atoms with Crippen LogP contribution < -0.4 is 0 Å². The van der Waals surface area contributed by atoms with Gasteiger partial charge in [0.1, 0.15) is 6.10 Å². The highest BCUT2D eigenvalue weighted by Crippen LogP contribution is 2.27. The maximum absolute atomic E-state index is 9.94. The largest absolute Gasteiger partial charge is 0.386 e. The average molecular weight is 287 g/mol. The van der Waals surface area contributed by atoms with Crippen LogP contribution in [-0.4, -0.2) is 14.7 Å². The minimum absolute atomic E-state index is 0.527. The summed E-state index contributed by atoms with van der Waals surface area (Å²) in [6, 6.07) is 1.99. The Morgan fingerprint density at radius 1 is 1.67 bits per heavy atom. The molecule has 1 N–H and O–H groups in total. The molecule has 0 aliphatic carbocycles. The van der Waals surface area contributed by atoms with Crippen molar-refractivity contribution < 1.29 is 5.11 Å². The zero-order chi connectivity index (χ0) is 10.8. The Morgan fingerprint density at radius 3 is 3.00 bits per heavy atom. The molecule has 0 saturated heterocycles. The first-order valence-electron chi connectivity index (χ1n) is 4.54. The maximum Gasteiger partial charge on any atom is 0.102 e. The van der Waals surface area contributed by atoms with Crippen molar-refractivity contribution in [1.29, 1.82) is 0 Å². The van der Waals surface area contributed by atoms with Gasteiger partial charge in [0.05, 0.1) is 12.0 Å². The minimum Gasteiger partial charge on any atom is -0.386 e. The van der Waals surface area contributed by atoms with Crippen LogP contribution in [0.4, 0.5) is 0 Å². The number of aromatic nitrogens is 2. The van der Waals surface area contributed by atoms with Crippen molar-refractivity contribution in [2.24, 2.45) is 7.05 Å². The van der Waals surface area contributed by atoms with Crippen molar-refractivity contribution in [1.82, 2.24) is 9.55 Å². The van der Waals surface area contributed by atoms with Gasteiger partial charge in [-0.1, -0.05) is 0 Å². The van der Waals surface area contributed by atoms with Crippen LogP contribution in [0.5, 0.6) is 0 Å². The molecule has 0 spiro atoms. The lowest BCUT2D eigenvalue weighted by atomic mass is 10.2. The van der Waals surface area contributed by atoms with E-state index in [-0.39, 0.29) is 0 Å². The molecule has 2 aromatic heterocycles. The van der Waals surface area contributed by atoms with Gasteiger partial charge in [0, 0.05) is 29.0 Å². The van der Waals surface area contributed by atoms with E-state index >= 15 is 0 Å². The second-order valence-corrected chi connectivity index (χ2v) is 5.23. The van der Waals surface area contributed by atoms with Crippen molar-refractivity contribution in [3.63, 3.8) is 0 Å². The van der Waals surface area contributed by atoms with Crippen molar-refractivity contribution in [3.05, 3.63) is 39.0 Å². The summed E-state index contributed by atoms with van der Waals surface area (Å²) in [5, 5.41) is 11.9. The summed E-state index contributed by atoms with van der Waals surface area (Å²) in [6.07, 6.45) is 3.62. The molecular formula is C10H11BrN2OS. The summed E-state index contributed by atoms with van der Waals surface area (Å²) in [4.78, 5) is 5.27. The van der Waals surface area contributed by atoms with Gasteiger partial charge in [-0.2, -0.15) is 0 Å². The number of aliphatic hydroxyl groups excluding tert-OH is 1. The lowest BCUT2D eigenvalue weighted by molar-refractivity contribution is 0.175. The van der Waals surface area contributed by atoms with Gasteiger partial charge < -0.3 is 9.67 Å². The second-order valence-electron chi connectivity index (χ2n) is 3.38. The van der Waals surface area contributed by atoms with E-state index in [4.69, 9.17) is 0 Å². The Kier molecular flexibility index (Phi) is 3.23. The smallest absolute Gasteiger partial charge is 0.102 e. The molecule has 0 radical (unpaired) electrons. The van der Waals surface area contributed by atoms with E-state index < -0.39 is 6.10 Å². The average Bonchev–Trinajstić information content (AvgIpc) is 2.77. The fraction of sp³-hybridized carbons (Fsp3) is 0.300. The van der Waals surface area contributed by atoms with Gasteiger partial charge in [0.2, 0.25) is 0 Å². The summed E-state index contributed by atoms with van der Waals surface area (Å²) < 4.78 is 2.89. The molecule has 0 amide bonds. The Bertz CT molecular complexity index is 452. The molecule has 3 nitrogen and oxygen atoms in total. The van der Waals surface area contributed by atoms with Crippen molar-refractivity contribution in [2.45, 2.75) is 12.5 Å². The van der Waals surface area contributed by atoms with Gasteiger partial charge in [-0.3, -0.25) is 0 Å². The molecule has 80 valence electrons. The molecule has 0 saturated carbocycles. The number of hydrogen-bond donors (Lipinski definition) is 1. The van der Waals surface area contributed by atoms with E-state index in [0.29, 0.717) is 6.42 Å². The summed E-state index contributed by atoms with van der Waals surface area (Å²) >= 11 is 5.08. The third-order valence-electron chi connectivity index (χ3n) is 2.14. The van der Waals surface area contributed by atoms with Gasteiger partial charge >= 0.3 is 0 Å².